The number of anilines is 1. The molecule has 28 heavy (non-hydrogen) atoms. The fourth-order valence-corrected chi connectivity index (χ4v) is 4.93. The van der Waals surface area contributed by atoms with Gasteiger partial charge in [-0.05, 0) is 38.2 Å². The highest BCUT2D eigenvalue weighted by molar-refractivity contribution is 5.79. The molecular weight excluding hydrogens is 373 g/mol. The molecule has 0 radical (unpaired) electrons. The molecule has 0 aromatic carbocycles. The molecule has 1 spiro atoms. The minimum atomic E-state index is -4.50. The van der Waals surface area contributed by atoms with Crippen LogP contribution in [0.1, 0.15) is 50.6 Å². The van der Waals surface area contributed by atoms with Gasteiger partial charge in [0.25, 0.3) is 0 Å². The average molecular weight is 398 g/mol. The molecule has 154 valence electrons. The molecule has 1 amide bonds. The number of nitrogens with one attached hydrogen (secondary N) is 1. The van der Waals surface area contributed by atoms with Crippen LogP contribution in [0, 0.1) is 5.92 Å². The van der Waals surface area contributed by atoms with Crippen molar-refractivity contribution in [2.75, 3.05) is 24.7 Å². The standard InChI is InChI=1S/C19H25F3N4O2/c20-19(21,22)15-3-9-23-17(25-15)26-10-4-14(18(26)7-1-2-8-18)24-16(27)13-5-11-28-12-6-13/h3,9,13-14H,1-2,4-8,10-12H2,(H,24,27). The maximum atomic E-state index is 13.1. The number of carbonyl (C=O) groups is 1. The van der Waals surface area contributed by atoms with Gasteiger partial charge < -0.3 is 15.0 Å². The number of hydrogen-bond acceptors (Lipinski definition) is 5. The second-order valence-electron chi connectivity index (χ2n) is 7.94. The molecule has 1 N–H and O–H groups in total. The van der Waals surface area contributed by atoms with Gasteiger partial charge in [-0.3, -0.25) is 4.79 Å². The molecule has 1 aromatic heterocycles. The van der Waals surface area contributed by atoms with Gasteiger partial charge in [-0.2, -0.15) is 13.2 Å². The Balaban J connectivity index is 1.56. The Morgan fingerprint density at radius 1 is 1.21 bits per heavy atom. The van der Waals surface area contributed by atoms with Gasteiger partial charge in [-0.15, -0.1) is 0 Å². The highest BCUT2D eigenvalue weighted by atomic mass is 19.4. The molecule has 0 bridgehead atoms. The Hall–Kier alpha value is -1.90. The zero-order chi connectivity index (χ0) is 19.8. The van der Waals surface area contributed by atoms with Gasteiger partial charge in [-0.25, -0.2) is 9.97 Å². The lowest BCUT2D eigenvalue weighted by Crippen LogP contribution is -2.56. The minimum absolute atomic E-state index is 0.0337. The molecule has 4 rings (SSSR count). The van der Waals surface area contributed by atoms with Gasteiger partial charge in [-0.1, -0.05) is 12.8 Å². The van der Waals surface area contributed by atoms with E-state index in [2.05, 4.69) is 15.3 Å². The Kier molecular flexibility index (Phi) is 5.20. The Bertz CT molecular complexity index is 715. The fraction of sp³-hybridized carbons (Fsp3) is 0.737. The maximum Gasteiger partial charge on any atom is 0.433 e. The first-order chi connectivity index (χ1) is 13.4. The SMILES string of the molecule is O=C(NC1CCN(c2nccc(C(F)(F)F)n2)C12CCCC2)C1CCOCC1. The van der Waals surface area contributed by atoms with Crippen LogP contribution >= 0.6 is 0 Å². The number of nitrogens with zero attached hydrogens (tertiary/aromatic N) is 3. The number of hydrogen-bond donors (Lipinski definition) is 1. The lowest BCUT2D eigenvalue weighted by molar-refractivity contribution is -0.141. The number of rotatable bonds is 3. The Labute approximate surface area is 161 Å². The van der Waals surface area contributed by atoms with Crippen molar-refractivity contribution in [3.8, 4) is 0 Å². The van der Waals surface area contributed by atoms with E-state index >= 15 is 0 Å². The molecule has 1 atom stereocenters. The lowest BCUT2D eigenvalue weighted by atomic mass is 9.88. The smallest absolute Gasteiger partial charge is 0.381 e. The van der Waals surface area contributed by atoms with Crippen molar-refractivity contribution in [1.29, 1.82) is 0 Å². The van der Waals surface area contributed by atoms with Crippen LogP contribution in [0.3, 0.4) is 0 Å². The molecule has 3 heterocycles. The molecule has 1 aliphatic carbocycles. The van der Waals surface area contributed by atoms with Crippen molar-refractivity contribution < 1.29 is 22.7 Å². The highest BCUT2D eigenvalue weighted by Crippen LogP contribution is 2.45. The monoisotopic (exact) mass is 398 g/mol. The number of aromatic nitrogens is 2. The van der Waals surface area contributed by atoms with E-state index in [0.717, 1.165) is 31.7 Å². The lowest BCUT2D eigenvalue weighted by Gasteiger charge is -2.40. The Morgan fingerprint density at radius 3 is 2.61 bits per heavy atom. The van der Waals surface area contributed by atoms with Gasteiger partial charge in [0.15, 0.2) is 0 Å². The van der Waals surface area contributed by atoms with E-state index in [0.29, 0.717) is 39.0 Å². The van der Waals surface area contributed by atoms with Crippen molar-refractivity contribution in [3.05, 3.63) is 18.0 Å². The molecule has 2 aliphatic heterocycles. The van der Waals surface area contributed by atoms with Gasteiger partial charge in [0.2, 0.25) is 11.9 Å². The summed E-state index contributed by atoms with van der Waals surface area (Å²) in [5.41, 5.74) is -1.33. The predicted molar refractivity (Wildman–Crippen MR) is 95.7 cm³/mol. The zero-order valence-corrected chi connectivity index (χ0v) is 15.7. The molecule has 1 saturated carbocycles. The quantitative estimate of drug-likeness (QED) is 0.848. The molecule has 6 nitrogen and oxygen atoms in total. The fourth-order valence-electron chi connectivity index (χ4n) is 4.93. The third-order valence-corrected chi connectivity index (χ3v) is 6.38. The second kappa shape index (κ2) is 7.50. The van der Waals surface area contributed by atoms with Gasteiger partial charge >= 0.3 is 6.18 Å². The Morgan fingerprint density at radius 2 is 1.93 bits per heavy atom. The van der Waals surface area contributed by atoms with Gasteiger partial charge in [0.1, 0.15) is 5.69 Å². The first-order valence-corrected chi connectivity index (χ1v) is 9.96. The predicted octanol–water partition coefficient (Wildman–Crippen LogP) is 2.93. The molecule has 9 heteroatoms. The van der Waals surface area contributed by atoms with E-state index < -0.39 is 17.4 Å². The topological polar surface area (TPSA) is 67.4 Å². The summed E-state index contributed by atoms with van der Waals surface area (Å²) in [6.07, 6.45) is 2.40. The number of amides is 1. The molecule has 1 aromatic rings. The first kappa shape index (κ1) is 19.4. The van der Waals surface area contributed by atoms with Crippen LogP contribution in [0.5, 0.6) is 0 Å². The van der Waals surface area contributed by atoms with Gasteiger partial charge in [0, 0.05) is 31.9 Å². The van der Waals surface area contributed by atoms with E-state index in [1.165, 1.54) is 6.20 Å². The summed E-state index contributed by atoms with van der Waals surface area (Å²) >= 11 is 0. The van der Waals surface area contributed by atoms with Crippen LogP contribution in [0.15, 0.2) is 12.3 Å². The maximum absolute atomic E-state index is 13.1. The number of ether oxygens (including phenoxy) is 1. The minimum Gasteiger partial charge on any atom is -0.381 e. The van der Waals surface area contributed by atoms with Crippen LogP contribution in [-0.2, 0) is 15.7 Å². The van der Waals surface area contributed by atoms with Crippen LogP contribution in [0.2, 0.25) is 0 Å². The van der Waals surface area contributed by atoms with E-state index in [9.17, 15) is 18.0 Å². The normalized spacial score (nSPS) is 25.4. The summed E-state index contributed by atoms with van der Waals surface area (Å²) in [7, 11) is 0. The number of halogens is 3. The summed E-state index contributed by atoms with van der Waals surface area (Å²) in [4.78, 5) is 22.6. The molecule has 2 saturated heterocycles. The van der Waals surface area contributed by atoms with Crippen LogP contribution < -0.4 is 10.2 Å². The van der Waals surface area contributed by atoms with Crippen LogP contribution in [0.4, 0.5) is 19.1 Å². The number of alkyl halides is 3. The zero-order valence-electron chi connectivity index (χ0n) is 15.7. The average Bonchev–Trinajstić information content (AvgIpc) is 3.31. The molecular formula is C19H25F3N4O2. The van der Waals surface area contributed by atoms with E-state index in [-0.39, 0.29) is 23.8 Å². The second-order valence-corrected chi connectivity index (χ2v) is 7.94. The van der Waals surface area contributed by atoms with Crippen molar-refractivity contribution in [1.82, 2.24) is 15.3 Å². The van der Waals surface area contributed by atoms with Crippen LogP contribution in [0.25, 0.3) is 0 Å². The molecule has 3 fully saturated rings. The summed E-state index contributed by atoms with van der Waals surface area (Å²) in [5.74, 6) is 0.0944. The molecule has 1 unspecified atom stereocenters. The van der Waals surface area contributed by atoms with Gasteiger partial charge in [0.05, 0.1) is 11.6 Å². The van der Waals surface area contributed by atoms with Crippen LogP contribution in [-0.4, -0.2) is 47.2 Å². The third kappa shape index (κ3) is 3.56. The summed E-state index contributed by atoms with van der Waals surface area (Å²) < 4.78 is 44.6. The number of carbonyl (C=O) groups excluding carboxylic acids is 1. The highest BCUT2D eigenvalue weighted by Gasteiger charge is 2.52. The largest absolute Gasteiger partial charge is 0.433 e. The molecule has 3 aliphatic rings. The van der Waals surface area contributed by atoms with Crippen molar-refractivity contribution in [2.24, 2.45) is 5.92 Å². The van der Waals surface area contributed by atoms with Crippen molar-refractivity contribution in [3.63, 3.8) is 0 Å². The third-order valence-electron chi connectivity index (χ3n) is 6.38. The summed E-state index contributed by atoms with van der Waals surface area (Å²) in [6.45, 7) is 1.73. The van der Waals surface area contributed by atoms with E-state index in [1.807, 2.05) is 4.90 Å². The van der Waals surface area contributed by atoms with Crippen molar-refractivity contribution in [2.45, 2.75) is 62.7 Å². The van der Waals surface area contributed by atoms with E-state index in [1.54, 1.807) is 0 Å². The first-order valence-electron chi connectivity index (χ1n) is 9.96. The van der Waals surface area contributed by atoms with E-state index in [4.69, 9.17) is 4.74 Å². The summed E-state index contributed by atoms with van der Waals surface area (Å²) in [5, 5.41) is 3.21. The van der Waals surface area contributed by atoms with Crippen molar-refractivity contribution >= 4 is 11.9 Å². The summed E-state index contributed by atoms with van der Waals surface area (Å²) in [6, 6.07) is 0.800.